The SMILES string of the molecule is CC(c1cccc(CN)c1)C1CCSCC1. The number of benzene rings is 1. The van der Waals surface area contributed by atoms with Gasteiger partial charge in [0.05, 0.1) is 0 Å². The molecule has 1 aliphatic heterocycles. The van der Waals surface area contributed by atoms with Crippen molar-refractivity contribution < 1.29 is 0 Å². The molecular formula is C14H21NS. The van der Waals surface area contributed by atoms with Crippen LogP contribution in [-0.2, 0) is 6.54 Å². The first kappa shape index (κ1) is 12.0. The molecule has 2 N–H and O–H groups in total. The molecule has 1 aromatic carbocycles. The van der Waals surface area contributed by atoms with Gasteiger partial charge in [-0.1, -0.05) is 31.2 Å². The predicted molar refractivity (Wildman–Crippen MR) is 72.8 cm³/mol. The Hall–Kier alpha value is -0.470. The van der Waals surface area contributed by atoms with Crippen LogP contribution in [0.4, 0.5) is 0 Å². The van der Waals surface area contributed by atoms with Crippen molar-refractivity contribution in [1.29, 1.82) is 0 Å². The molecule has 2 heteroatoms. The zero-order valence-corrected chi connectivity index (χ0v) is 10.8. The van der Waals surface area contributed by atoms with Crippen molar-refractivity contribution in [2.75, 3.05) is 11.5 Å². The van der Waals surface area contributed by atoms with E-state index >= 15 is 0 Å². The third kappa shape index (κ3) is 2.80. The second-order valence-corrected chi connectivity index (χ2v) is 5.91. The Morgan fingerprint density at radius 2 is 2.12 bits per heavy atom. The second kappa shape index (κ2) is 5.74. The summed E-state index contributed by atoms with van der Waals surface area (Å²) in [6.45, 7) is 3.03. The van der Waals surface area contributed by atoms with Crippen LogP contribution in [0, 0.1) is 5.92 Å². The van der Waals surface area contributed by atoms with Gasteiger partial charge in [-0.25, -0.2) is 0 Å². The summed E-state index contributed by atoms with van der Waals surface area (Å²) >= 11 is 2.10. The number of thioether (sulfide) groups is 1. The van der Waals surface area contributed by atoms with Crippen LogP contribution >= 0.6 is 11.8 Å². The molecule has 1 fully saturated rings. The molecule has 88 valence electrons. The van der Waals surface area contributed by atoms with Gasteiger partial charge in [0, 0.05) is 6.54 Å². The third-order valence-corrected chi connectivity index (χ3v) is 4.73. The van der Waals surface area contributed by atoms with Gasteiger partial charge in [0.2, 0.25) is 0 Å². The number of hydrogen-bond acceptors (Lipinski definition) is 2. The van der Waals surface area contributed by atoms with Crippen LogP contribution in [0.2, 0.25) is 0 Å². The summed E-state index contributed by atoms with van der Waals surface area (Å²) in [4.78, 5) is 0. The Kier molecular flexibility index (Phi) is 4.30. The zero-order valence-electron chi connectivity index (χ0n) is 9.99. The maximum atomic E-state index is 5.69. The molecule has 0 radical (unpaired) electrons. The number of rotatable bonds is 3. The van der Waals surface area contributed by atoms with E-state index in [0.29, 0.717) is 12.5 Å². The molecule has 1 unspecified atom stereocenters. The Balaban J connectivity index is 2.09. The van der Waals surface area contributed by atoms with Crippen LogP contribution in [0.3, 0.4) is 0 Å². The maximum absolute atomic E-state index is 5.69. The minimum Gasteiger partial charge on any atom is -0.326 e. The Morgan fingerprint density at radius 3 is 2.81 bits per heavy atom. The van der Waals surface area contributed by atoms with Crippen molar-refractivity contribution >= 4 is 11.8 Å². The Labute approximate surface area is 103 Å². The number of nitrogens with two attached hydrogens (primary N) is 1. The summed E-state index contributed by atoms with van der Waals surface area (Å²) in [6.07, 6.45) is 2.75. The molecule has 2 rings (SSSR count). The molecule has 0 spiro atoms. The second-order valence-electron chi connectivity index (χ2n) is 4.69. The summed E-state index contributed by atoms with van der Waals surface area (Å²) in [6, 6.07) is 8.80. The fourth-order valence-electron chi connectivity index (χ4n) is 2.49. The molecule has 16 heavy (non-hydrogen) atoms. The zero-order chi connectivity index (χ0) is 11.4. The quantitative estimate of drug-likeness (QED) is 0.869. The van der Waals surface area contributed by atoms with E-state index < -0.39 is 0 Å². The molecule has 1 atom stereocenters. The van der Waals surface area contributed by atoms with Gasteiger partial charge in [0.25, 0.3) is 0 Å². The van der Waals surface area contributed by atoms with Gasteiger partial charge in [0.15, 0.2) is 0 Å². The van der Waals surface area contributed by atoms with E-state index in [1.54, 1.807) is 0 Å². The lowest BCUT2D eigenvalue weighted by atomic mass is 9.83. The van der Waals surface area contributed by atoms with Crippen molar-refractivity contribution in [3.63, 3.8) is 0 Å². The van der Waals surface area contributed by atoms with Crippen LogP contribution in [0.15, 0.2) is 24.3 Å². The van der Waals surface area contributed by atoms with Crippen LogP contribution in [0.25, 0.3) is 0 Å². The standard InChI is InChI=1S/C14H21NS/c1-11(13-5-7-16-8-6-13)14-4-2-3-12(9-14)10-15/h2-4,9,11,13H,5-8,10,15H2,1H3. The Morgan fingerprint density at radius 1 is 1.38 bits per heavy atom. The van der Waals surface area contributed by atoms with Gasteiger partial charge in [-0.05, 0) is 47.3 Å². The van der Waals surface area contributed by atoms with E-state index in [-0.39, 0.29) is 0 Å². The lowest BCUT2D eigenvalue weighted by Crippen LogP contribution is -2.16. The topological polar surface area (TPSA) is 26.0 Å². The van der Waals surface area contributed by atoms with Crippen molar-refractivity contribution in [1.82, 2.24) is 0 Å². The van der Waals surface area contributed by atoms with Crippen LogP contribution in [-0.4, -0.2) is 11.5 Å². The molecule has 0 amide bonds. The first-order valence-electron chi connectivity index (χ1n) is 6.18. The normalized spacial score (nSPS) is 19.6. The highest BCUT2D eigenvalue weighted by Gasteiger charge is 2.21. The van der Waals surface area contributed by atoms with Crippen LogP contribution in [0.1, 0.15) is 36.8 Å². The highest BCUT2D eigenvalue weighted by Crippen LogP contribution is 2.34. The van der Waals surface area contributed by atoms with Gasteiger partial charge < -0.3 is 5.73 Å². The van der Waals surface area contributed by atoms with Gasteiger partial charge in [-0.2, -0.15) is 11.8 Å². The molecule has 1 aromatic rings. The maximum Gasteiger partial charge on any atom is 0.0178 e. The molecule has 0 bridgehead atoms. The van der Waals surface area contributed by atoms with Crippen LogP contribution < -0.4 is 5.73 Å². The minimum absolute atomic E-state index is 0.654. The van der Waals surface area contributed by atoms with Gasteiger partial charge in [-0.15, -0.1) is 0 Å². The van der Waals surface area contributed by atoms with Gasteiger partial charge in [-0.3, -0.25) is 0 Å². The van der Waals surface area contributed by atoms with Crippen LogP contribution in [0.5, 0.6) is 0 Å². The highest BCUT2D eigenvalue weighted by molar-refractivity contribution is 7.99. The smallest absolute Gasteiger partial charge is 0.0178 e. The van der Waals surface area contributed by atoms with Crippen molar-refractivity contribution in [3.05, 3.63) is 35.4 Å². The fraction of sp³-hybridized carbons (Fsp3) is 0.571. The summed E-state index contributed by atoms with van der Waals surface area (Å²) < 4.78 is 0. The molecule has 1 saturated heterocycles. The van der Waals surface area contributed by atoms with E-state index in [0.717, 1.165) is 5.92 Å². The summed E-state index contributed by atoms with van der Waals surface area (Å²) in [5, 5.41) is 0. The molecule has 0 saturated carbocycles. The van der Waals surface area contributed by atoms with E-state index in [4.69, 9.17) is 5.73 Å². The van der Waals surface area contributed by atoms with Crippen molar-refractivity contribution in [3.8, 4) is 0 Å². The summed E-state index contributed by atoms with van der Waals surface area (Å²) in [5.74, 6) is 4.23. The molecule has 0 aliphatic carbocycles. The summed E-state index contributed by atoms with van der Waals surface area (Å²) in [5.41, 5.74) is 8.42. The highest BCUT2D eigenvalue weighted by atomic mass is 32.2. The van der Waals surface area contributed by atoms with E-state index in [1.807, 2.05) is 0 Å². The third-order valence-electron chi connectivity index (χ3n) is 3.69. The molecule has 1 nitrogen and oxygen atoms in total. The molecular weight excluding hydrogens is 214 g/mol. The monoisotopic (exact) mass is 235 g/mol. The molecule has 0 aromatic heterocycles. The van der Waals surface area contributed by atoms with Gasteiger partial charge in [0.1, 0.15) is 0 Å². The average Bonchev–Trinajstić information content (AvgIpc) is 2.39. The first-order valence-corrected chi connectivity index (χ1v) is 7.33. The largest absolute Gasteiger partial charge is 0.326 e. The lowest BCUT2D eigenvalue weighted by Gasteiger charge is -2.28. The average molecular weight is 235 g/mol. The van der Waals surface area contributed by atoms with E-state index in [1.165, 1.54) is 35.5 Å². The van der Waals surface area contributed by atoms with E-state index in [2.05, 4.69) is 43.0 Å². The molecule has 1 heterocycles. The van der Waals surface area contributed by atoms with Gasteiger partial charge >= 0.3 is 0 Å². The van der Waals surface area contributed by atoms with Crippen molar-refractivity contribution in [2.45, 2.75) is 32.2 Å². The fourth-order valence-corrected chi connectivity index (χ4v) is 3.63. The minimum atomic E-state index is 0.654. The predicted octanol–water partition coefficient (Wildman–Crippen LogP) is 3.39. The Bertz CT molecular complexity index is 331. The lowest BCUT2D eigenvalue weighted by molar-refractivity contribution is 0.417. The first-order chi connectivity index (χ1) is 7.81. The van der Waals surface area contributed by atoms with Crippen molar-refractivity contribution in [2.24, 2.45) is 11.7 Å². The number of hydrogen-bond donors (Lipinski definition) is 1. The summed E-state index contributed by atoms with van der Waals surface area (Å²) in [7, 11) is 0. The molecule has 1 aliphatic rings. The van der Waals surface area contributed by atoms with E-state index in [9.17, 15) is 0 Å².